The fraction of sp³-hybridized carbons (Fsp3) is 0.167. The van der Waals surface area contributed by atoms with Crippen LogP contribution in [-0.4, -0.2) is 15.7 Å². The molecule has 0 aliphatic rings. The molecule has 1 aromatic heterocycles. The van der Waals surface area contributed by atoms with E-state index in [0.717, 1.165) is 0 Å². The number of halogens is 2. The summed E-state index contributed by atoms with van der Waals surface area (Å²) in [5.41, 5.74) is 0.186. The van der Waals surface area contributed by atoms with Crippen molar-refractivity contribution in [3.63, 3.8) is 0 Å². The van der Waals surface area contributed by atoms with Crippen molar-refractivity contribution < 1.29 is 9.18 Å². The number of amides is 1. The number of para-hydroxylation sites is 1. The molecule has 0 fully saturated rings. The first-order chi connectivity index (χ1) is 8.61. The van der Waals surface area contributed by atoms with Crippen LogP contribution in [-0.2, 0) is 6.54 Å². The SMILES string of the molecule is CCn1cc(Cl)c(C(=O)Nc2ccccc2F)n1. The summed E-state index contributed by atoms with van der Waals surface area (Å²) in [6.07, 6.45) is 1.55. The van der Waals surface area contributed by atoms with Gasteiger partial charge in [-0.3, -0.25) is 9.48 Å². The first-order valence-electron chi connectivity index (χ1n) is 5.40. The molecule has 4 nitrogen and oxygen atoms in total. The van der Waals surface area contributed by atoms with Crippen molar-refractivity contribution in [3.05, 3.63) is 47.0 Å². The minimum absolute atomic E-state index is 0.0850. The lowest BCUT2D eigenvalue weighted by atomic mass is 10.3. The molecule has 0 saturated heterocycles. The molecule has 1 heterocycles. The largest absolute Gasteiger partial charge is 0.318 e. The Kier molecular flexibility index (Phi) is 3.62. The molecule has 18 heavy (non-hydrogen) atoms. The minimum atomic E-state index is -0.530. The van der Waals surface area contributed by atoms with Crippen LogP contribution < -0.4 is 5.32 Å². The first kappa shape index (κ1) is 12.6. The third-order valence-corrected chi connectivity index (χ3v) is 2.65. The van der Waals surface area contributed by atoms with Gasteiger partial charge in [0.2, 0.25) is 0 Å². The number of aromatic nitrogens is 2. The second-order valence-corrected chi connectivity index (χ2v) is 4.02. The van der Waals surface area contributed by atoms with Gasteiger partial charge in [0.1, 0.15) is 5.82 Å². The molecule has 2 aromatic rings. The number of nitrogens with one attached hydrogen (secondary N) is 1. The highest BCUT2D eigenvalue weighted by Crippen LogP contribution is 2.18. The maximum absolute atomic E-state index is 13.4. The van der Waals surface area contributed by atoms with E-state index in [1.807, 2.05) is 6.92 Å². The number of hydrogen-bond donors (Lipinski definition) is 1. The average Bonchev–Trinajstić information content (AvgIpc) is 2.73. The summed E-state index contributed by atoms with van der Waals surface area (Å²) < 4.78 is 14.9. The Morgan fingerprint density at radius 2 is 2.22 bits per heavy atom. The van der Waals surface area contributed by atoms with Crippen molar-refractivity contribution in [2.45, 2.75) is 13.5 Å². The standard InChI is InChI=1S/C12H11ClFN3O/c1-2-17-7-8(13)11(16-17)12(18)15-10-6-4-3-5-9(10)14/h3-7H,2H2,1H3,(H,15,18). The molecule has 0 aliphatic heterocycles. The Hall–Kier alpha value is -1.88. The van der Waals surface area contributed by atoms with E-state index < -0.39 is 11.7 Å². The van der Waals surface area contributed by atoms with Gasteiger partial charge >= 0.3 is 0 Å². The molecule has 6 heteroatoms. The highest BCUT2D eigenvalue weighted by atomic mass is 35.5. The van der Waals surface area contributed by atoms with E-state index in [9.17, 15) is 9.18 Å². The zero-order valence-corrected chi connectivity index (χ0v) is 10.4. The first-order valence-corrected chi connectivity index (χ1v) is 5.78. The molecule has 0 bridgehead atoms. The predicted octanol–water partition coefficient (Wildman–Crippen LogP) is 2.95. The maximum Gasteiger partial charge on any atom is 0.277 e. The van der Waals surface area contributed by atoms with E-state index >= 15 is 0 Å². The number of rotatable bonds is 3. The Morgan fingerprint density at radius 3 is 2.83 bits per heavy atom. The molecule has 0 spiro atoms. The lowest BCUT2D eigenvalue weighted by Crippen LogP contribution is -2.14. The van der Waals surface area contributed by atoms with E-state index in [-0.39, 0.29) is 16.4 Å². The molecule has 0 saturated carbocycles. The Bertz CT molecular complexity index is 582. The summed E-state index contributed by atoms with van der Waals surface area (Å²) >= 11 is 5.89. The van der Waals surface area contributed by atoms with Crippen molar-refractivity contribution in [2.75, 3.05) is 5.32 Å². The summed E-state index contributed by atoms with van der Waals surface area (Å²) in [5.74, 6) is -1.03. The normalized spacial score (nSPS) is 10.4. The Morgan fingerprint density at radius 1 is 1.50 bits per heavy atom. The van der Waals surface area contributed by atoms with Gasteiger partial charge in [0.15, 0.2) is 5.69 Å². The van der Waals surface area contributed by atoms with Crippen LogP contribution in [0.3, 0.4) is 0 Å². The highest BCUT2D eigenvalue weighted by molar-refractivity contribution is 6.34. The van der Waals surface area contributed by atoms with Crippen molar-refractivity contribution in [1.82, 2.24) is 9.78 Å². The second-order valence-electron chi connectivity index (χ2n) is 3.62. The lowest BCUT2D eigenvalue weighted by Gasteiger charge is -2.04. The van der Waals surface area contributed by atoms with Crippen LogP contribution in [0.2, 0.25) is 5.02 Å². The fourth-order valence-electron chi connectivity index (χ4n) is 1.46. The van der Waals surface area contributed by atoms with Crippen molar-refractivity contribution in [1.29, 1.82) is 0 Å². The third-order valence-electron chi connectivity index (χ3n) is 2.38. The smallest absolute Gasteiger partial charge is 0.277 e. The predicted molar refractivity (Wildman–Crippen MR) is 67.3 cm³/mol. The van der Waals surface area contributed by atoms with Crippen LogP contribution in [0.1, 0.15) is 17.4 Å². The Labute approximate surface area is 108 Å². The topological polar surface area (TPSA) is 46.9 Å². The zero-order chi connectivity index (χ0) is 13.1. The average molecular weight is 268 g/mol. The quantitative estimate of drug-likeness (QED) is 0.929. The molecule has 2 rings (SSSR count). The highest BCUT2D eigenvalue weighted by Gasteiger charge is 2.16. The van der Waals surface area contributed by atoms with Crippen molar-refractivity contribution in [3.8, 4) is 0 Å². The summed E-state index contributed by atoms with van der Waals surface area (Å²) in [7, 11) is 0. The van der Waals surface area contributed by atoms with Crippen LogP contribution in [0.15, 0.2) is 30.5 Å². The summed E-state index contributed by atoms with van der Waals surface area (Å²) in [6.45, 7) is 2.48. The molecule has 1 N–H and O–H groups in total. The van der Waals surface area contributed by atoms with Crippen LogP contribution in [0, 0.1) is 5.82 Å². The fourth-order valence-corrected chi connectivity index (χ4v) is 1.69. The molecule has 0 atom stereocenters. The van der Waals surface area contributed by atoms with Gasteiger partial charge in [0.25, 0.3) is 5.91 Å². The molecule has 0 aliphatic carbocycles. The summed E-state index contributed by atoms with van der Waals surface area (Å²) in [5, 5.41) is 6.68. The van der Waals surface area contributed by atoms with Crippen molar-refractivity contribution in [2.24, 2.45) is 0 Å². The molecule has 1 aromatic carbocycles. The van der Waals surface area contributed by atoms with Gasteiger partial charge < -0.3 is 5.32 Å². The Balaban J connectivity index is 2.22. The second kappa shape index (κ2) is 5.18. The van der Waals surface area contributed by atoms with E-state index in [1.54, 1.807) is 23.0 Å². The number of carbonyl (C=O) groups is 1. The van der Waals surface area contributed by atoms with E-state index in [2.05, 4.69) is 10.4 Å². The van der Waals surface area contributed by atoms with Gasteiger partial charge in [-0.15, -0.1) is 0 Å². The van der Waals surface area contributed by atoms with Gasteiger partial charge in [0, 0.05) is 12.7 Å². The molecular weight excluding hydrogens is 257 g/mol. The van der Waals surface area contributed by atoms with E-state index in [4.69, 9.17) is 11.6 Å². The van der Waals surface area contributed by atoms with Gasteiger partial charge in [-0.1, -0.05) is 23.7 Å². The number of anilines is 1. The van der Waals surface area contributed by atoms with E-state index in [1.165, 1.54) is 12.1 Å². The van der Waals surface area contributed by atoms with Gasteiger partial charge in [-0.25, -0.2) is 4.39 Å². The number of hydrogen-bond acceptors (Lipinski definition) is 2. The van der Waals surface area contributed by atoms with Gasteiger partial charge in [0.05, 0.1) is 10.7 Å². The molecular formula is C12H11ClFN3O. The van der Waals surface area contributed by atoms with Crippen LogP contribution in [0.5, 0.6) is 0 Å². The monoisotopic (exact) mass is 267 g/mol. The summed E-state index contributed by atoms with van der Waals surface area (Å²) in [4.78, 5) is 11.9. The number of carbonyl (C=O) groups excluding carboxylic acids is 1. The maximum atomic E-state index is 13.4. The molecule has 0 unspecified atom stereocenters. The van der Waals surface area contributed by atoms with Crippen LogP contribution in [0.25, 0.3) is 0 Å². The third kappa shape index (κ3) is 2.51. The molecule has 0 radical (unpaired) electrons. The van der Waals surface area contributed by atoms with E-state index in [0.29, 0.717) is 6.54 Å². The van der Waals surface area contributed by atoms with Gasteiger partial charge in [-0.2, -0.15) is 5.10 Å². The number of benzene rings is 1. The molecule has 1 amide bonds. The summed E-state index contributed by atoms with van der Waals surface area (Å²) in [6, 6.07) is 5.91. The van der Waals surface area contributed by atoms with Crippen LogP contribution in [0.4, 0.5) is 10.1 Å². The minimum Gasteiger partial charge on any atom is -0.318 e. The lowest BCUT2D eigenvalue weighted by molar-refractivity contribution is 0.102. The van der Waals surface area contributed by atoms with Gasteiger partial charge in [-0.05, 0) is 19.1 Å². The van der Waals surface area contributed by atoms with Crippen molar-refractivity contribution >= 4 is 23.2 Å². The zero-order valence-electron chi connectivity index (χ0n) is 9.65. The molecule has 94 valence electrons. The number of aryl methyl sites for hydroxylation is 1. The number of nitrogens with zero attached hydrogens (tertiary/aromatic N) is 2. The van der Waals surface area contributed by atoms with Crippen LogP contribution >= 0.6 is 11.6 Å².